The molecular formula is C10H13. The van der Waals surface area contributed by atoms with Crippen molar-refractivity contribution in [2.75, 3.05) is 0 Å². The first-order valence-corrected chi connectivity index (χ1v) is 3.82. The van der Waals surface area contributed by atoms with Crippen LogP contribution >= 0.6 is 0 Å². The Balaban J connectivity index is 2.38. The van der Waals surface area contributed by atoms with Crippen LogP contribution in [0, 0.1) is 6.42 Å². The first kappa shape index (κ1) is 7.33. The van der Waals surface area contributed by atoms with Crippen molar-refractivity contribution in [3.8, 4) is 0 Å². The number of hydrogen-bond donors (Lipinski definition) is 0. The van der Waals surface area contributed by atoms with E-state index >= 15 is 0 Å². The molecule has 0 bridgehead atoms. The van der Waals surface area contributed by atoms with Crippen molar-refractivity contribution in [2.24, 2.45) is 0 Å². The normalized spacial score (nSPS) is 28.8. The van der Waals surface area contributed by atoms with E-state index in [1.807, 2.05) is 0 Å². The monoisotopic (exact) mass is 133 g/mol. The van der Waals surface area contributed by atoms with Crippen molar-refractivity contribution >= 4 is 0 Å². The first-order valence-electron chi connectivity index (χ1n) is 3.82. The van der Waals surface area contributed by atoms with E-state index in [1.165, 1.54) is 19.3 Å². The van der Waals surface area contributed by atoms with Gasteiger partial charge in [-0.05, 0) is 19.3 Å². The molecule has 1 rings (SSSR count). The summed E-state index contributed by atoms with van der Waals surface area (Å²) in [7, 11) is 0. The Morgan fingerprint density at radius 3 is 2.40 bits per heavy atom. The molecule has 1 radical (unpaired) electrons. The zero-order valence-electron chi connectivity index (χ0n) is 6.16. The topological polar surface area (TPSA) is 0 Å². The summed E-state index contributed by atoms with van der Waals surface area (Å²) in [5.74, 6) is 0. The van der Waals surface area contributed by atoms with E-state index in [1.54, 1.807) is 0 Å². The van der Waals surface area contributed by atoms with Gasteiger partial charge in [-0.15, -0.1) is 0 Å². The highest BCUT2D eigenvalue weighted by Crippen LogP contribution is 2.00. The summed E-state index contributed by atoms with van der Waals surface area (Å²) >= 11 is 0. The fourth-order valence-corrected chi connectivity index (χ4v) is 0.896. The van der Waals surface area contributed by atoms with Crippen molar-refractivity contribution in [3.05, 3.63) is 42.9 Å². The van der Waals surface area contributed by atoms with Gasteiger partial charge in [-0.1, -0.05) is 36.5 Å². The van der Waals surface area contributed by atoms with Crippen LogP contribution in [0.1, 0.15) is 19.3 Å². The van der Waals surface area contributed by atoms with Crippen LogP contribution < -0.4 is 0 Å². The zero-order chi connectivity index (χ0) is 7.07. The number of rotatable bonds is 0. The molecule has 0 aromatic heterocycles. The Labute approximate surface area is 62.9 Å². The molecule has 0 spiro atoms. The van der Waals surface area contributed by atoms with Gasteiger partial charge in [0.15, 0.2) is 0 Å². The maximum absolute atomic E-state index is 2.21. The lowest BCUT2D eigenvalue weighted by Gasteiger charge is -1.90. The van der Waals surface area contributed by atoms with E-state index in [9.17, 15) is 0 Å². The summed E-state index contributed by atoms with van der Waals surface area (Å²) in [4.78, 5) is 0. The van der Waals surface area contributed by atoms with Gasteiger partial charge in [-0.25, -0.2) is 0 Å². The van der Waals surface area contributed by atoms with E-state index in [0.717, 1.165) is 0 Å². The standard InChI is InChI=1S/C10H13/c1-2-4-6-8-10-9-7-5-3-1/h1-7H,8-10H2/b2-1-,6-4-,7-5-. The third-order valence-corrected chi connectivity index (χ3v) is 1.46. The van der Waals surface area contributed by atoms with Crippen molar-refractivity contribution < 1.29 is 0 Å². The fraction of sp³-hybridized carbons (Fsp3) is 0.300. The molecule has 0 heteroatoms. The minimum absolute atomic E-state index is 1.20. The minimum atomic E-state index is 1.20. The van der Waals surface area contributed by atoms with E-state index in [0.29, 0.717) is 0 Å². The van der Waals surface area contributed by atoms with Crippen LogP contribution in [0.15, 0.2) is 36.5 Å². The van der Waals surface area contributed by atoms with Crippen molar-refractivity contribution in [2.45, 2.75) is 19.3 Å². The molecule has 0 amide bonds. The smallest absolute Gasteiger partial charge is 0.00473 e. The fourth-order valence-electron chi connectivity index (χ4n) is 0.896. The van der Waals surface area contributed by atoms with E-state index in [2.05, 4.69) is 42.9 Å². The predicted octanol–water partition coefficient (Wildman–Crippen LogP) is 3.04. The van der Waals surface area contributed by atoms with Gasteiger partial charge in [0.1, 0.15) is 0 Å². The molecule has 0 fully saturated rings. The predicted molar refractivity (Wildman–Crippen MR) is 45.6 cm³/mol. The third-order valence-electron chi connectivity index (χ3n) is 1.46. The number of hydrogen-bond acceptors (Lipinski definition) is 0. The van der Waals surface area contributed by atoms with E-state index in [4.69, 9.17) is 0 Å². The molecule has 0 heterocycles. The quantitative estimate of drug-likeness (QED) is 0.476. The molecule has 0 aliphatic heterocycles. The van der Waals surface area contributed by atoms with Crippen LogP contribution in [0.3, 0.4) is 0 Å². The minimum Gasteiger partial charge on any atom is -0.0879 e. The molecule has 0 unspecified atom stereocenters. The Morgan fingerprint density at radius 2 is 1.50 bits per heavy atom. The van der Waals surface area contributed by atoms with Crippen molar-refractivity contribution in [3.63, 3.8) is 0 Å². The highest BCUT2D eigenvalue weighted by atomic mass is 13.9. The molecule has 1 aliphatic carbocycles. The van der Waals surface area contributed by atoms with Crippen molar-refractivity contribution in [1.29, 1.82) is 0 Å². The highest BCUT2D eigenvalue weighted by Gasteiger charge is 1.81. The van der Waals surface area contributed by atoms with Gasteiger partial charge >= 0.3 is 0 Å². The molecule has 0 nitrogen and oxygen atoms in total. The summed E-state index contributed by atoms with van der Waals surface area (Å²) in [6, 6.07) is 0. The van der Waals surface area contributed by atoms with Gasteiger partial charge in [0.25, 0.3) is 0 Å². The molecule has 0 saturated heterocycles. The molecule has 0 N–H and O–H groups in total. The second kappa shape index (κ2) is 5.04. The summed E-state index contributed by atoms with van der Waals surface area (Å²) in [6.45, 7) is 0. The summed E-state index contributed by atoms with van der Waals surface area (Å²) in [6.07, 6.45) is 18.5. The van der Waals surface area contributed by atoms with E-state index < -0.39 is 0 Å². The lowest BCUT2D eigenvalue weighted by molar-refractivity contribution is 0.867. The van der Waals surface area contributed by atoms with Crippen LogP contribution in [0.4, 0.5) is 0 Å². The molecular weight excluding hydrogens is 120 g/mol. The van der Waals surface area contributed by atoms with Crippen LogP contribution in [-0.2, 0) is 0 Å². The van der Waals surface area contributed by atoms with Crippen LogP contribution in [-0.4, -0.2) is 0 Å². The van der Waals surface area contributed by atoms with Gasteiger partial charge in [0, 0.05) is 6.42 Å². The van der Waals surface area contributed by atoms with Gasteiger partial charge in [0.05, 0.1) is 0 Å². The summed E-state index contributed by atoms with van der Waals surface area (Å²) in [5.41, 5.74) is 0. The lowest BCUT2D eigenvalue weighted by Crippen LogP contribution is -1.71. The molecule has 0 aromatic rings. The SMILES string of the molecule is [CH]1/C=C\C=C/CCC/C=C\1. The van der Waals surface area contributed by atoms with E-state index in [-0.39, 0.29) is 0 Å². The molecule has 0 atom stereocenters. The molecule has 1 aliphatic rings. The maximum Gasteiger partial charge on any atom is 0.00473 e. The molecule has 0 aromatic carbocycles. The second-order valence-corrected chi connectivity index (χ2v) is 2.36. The van der Waals surface area contributed by atoms with Gasteiger partial charge in [-0.2, -0.15) is 0 Å². The van der Waals surface area contributed by atoms with Crippen LogP contribution in [0.2, 0.25) is 0 Å². The average Bonchev–Trinajstić information content (AvgIpc) is 2.01. The summed E-state index contributed by atoms with van der Waals surface area (Å²) in [5, 5.41) is 0. The lowest BCUT2D eigenvalue weighted by atomic mass is 10.2. The molecule has 10 heavy (non-hydrogen) atoms. The molecule has 53 valence electrons. The average molecular weight is 133 g/mol. The first-order chi connectivity index (χ1) is 5.00. The molecule has 0 saturated carbocycles. The Morgan fingerprint density at radius 1 is 0.700 bits per heavy atom. The largest absolute Gasteiger partial charge is 0.0879 e. The third kappa shape index (κ3) is 3.29. The summed E-state index contributed by atoms with van der Waals surface area (Å²) < 4.78 is 0. The Bertz CT molecular complexity index is 149. The Kier molecular flexibility index (Phi) is 3.69. The maximum atomic E-state index is 2.21. The number of allylic oxidation sites excluding steroid dienone is 6. The van der Waals surface area contributed by atoms with Gasteiger partial charge in [0.2, 0.25) is 0 Å². The van der Waals surface area contributed by atoms with Crippen molar-refractivity contribution in [1.82, 2.24) is 0 Å². The van der Waals surface area contributed by atoms with Gasteiger partial charge < -0.3 is 0 Å². The second-order valence-electron chi connectivity index (χ2n) is 2.36. The zero-order valence-corrected chi connectivity index (χ0v) is 6.16. The highest BCUT2D eigenvalue weighted by molar-refractivity contribution is 5.14. The van der Waals surface area contributed by atoms with Crippen LogP contribution in [0.25, 0.3) is 0 Å². The van der Waals surface area contributed by atoms with Gasteiger partial charge in [-0.3, -0.25) is 0 Å². The van der Waals surface area contributed by atoms with Crippen LogP contribution in [0.5, 0.6) is 0 Å². The Hall–Kier alpha value is -0.780.